The zero-order valence-electron chi connectivity index (χ0n) is 14.0. The molecule has 1 aliphatic rings. The van der Waals surface area contributed by atoms with Crippen LogP contribution < -0.4 is 11.1 Å². The lowest BCUT2D eigenvalue weighted by Gasteiger charge is -2.31. The van der Waals surface area contributed by atoms with Gasteiger partial charge in [-0.3, -0.25) is 14.8 Å². The molecule has 1 aliphatic heterocycles. The maximum absolute atomic E-state index is 11.0. The highest BCUT2D eigenvalue weighted by atomic mass is 16.1. The summed E-state index contributed by atoms with van der Waals surface area (Å²) >= 11 is 0. The highest BCUT2D eigenvalue weighted by Gasteiger charge is 2.26. The van der Waals surface area contributed by atoms with E-state index in [1.165, 1.54) is 5.56 Å². The average molecular weight is 324 g/mol. The summed E-state index contributed by atoms with van der Waals surface area (Å²) in [5.74, 6) is -0.288. The van der Waals surface area contributed by atoms with E-state index in [9.17, 15) is 4.79 Å². The van der Waals surface area contributed by atoms with Gasteiger partial charge < -0.3 is 11.1 Å². The summed E-state index contributed by atoms with van der Waals surface area (Å²) < 4.78 is 0. The van der Waals surface area contributed by atoms with Crippen LogP contribution in [-0.2, 0) is 11.2 Å². The number of nitrogens with zero attached hydrogens (tertiary/aromatic N) is 2. The number of piperidine rings is 1. The second kappa shape index (κ2) is 7.53. The van der Waals surface area contributed by atoms with Gasteiger partial charge in [-0.25, -0.2) is 0 Å². The summed E-state index contributed by atoms with van der Waals surface area (Å²) in [6, 6.07) is 10.6. The minimum atomic E-state index is -0.288. The van der Waals surface area contributed by atoms with Crippen molar-refractivity contribution in [1.82, 2.24) is 15.3 Å². The molecule has 0 aliphatic carbocycles. The van der Waals surface area contributed by atoms with Gasteiger partial charge >= 0.3 is 0 Å². The molecule has 3 N–H and O–H groups in total. The predicted molar refractivity (Wildman–Crippen MR) is 93.2 cm³/mol. The Hall–Kier alpha value is -2.27. The van der Waals surface area contributed by atoms with E-state index < -0.39 is 0 Å². The molecule has 2 aromatic heterocycles. The third-order valence-electron chi connectivity index (χ3n) is 4.58. The van der Waals surface area contributed by atoms with Gasteiger partial charge in [-0.05, 0) is 56.4 Å². The van der Waals surface area contributed by atoms with Crippen LogP contribution in [0.5, 0.6) is 0 Å². The molecule has 0 unspecified atom stereocenters. The van der Waals surface area contributed by atoms with Gasteiger partial charge in [0.1, 0.15) is 0 Å². The molecule has 0 saturated carbocycles. The maximum Gasteiger partial charge on any atom is 0.217 e. The molecule has 1 fully saturated rings. The fourth-order valence-corrected chi connectivity index (χ4v) is 3.33. The molecular weight excluding hydrogens is 300 g/mol. The number of aromatic nitrogens is 2. The Morgan fingerprint density at radius 3 is 2.88 bits per heavy atom. The van der Waals surface area contributed by atoms with Gasteiger partial charge in [-0.15, -0.1) is 0 Å². The Morgan fingerprint density at radius 2 is 2.08 bits per heavy atom. The Bertz CT molecular complexity index is 716. The van der Waals surface area contributed by atoms with E-state index in [0.29, 0.717) is 12.8 Å². The quantitative estimate of drug-likeness (QED) is 0.886. The smallest absolute Gasteiger partial charge is 0.217 e. The van der Waals surface area contributed by atoms with Crippen LogP contribution in [0.2, 0.25) is 0 Å². The van der Waals surface area contributed by atoms with Crippen molar-refractivity contribution in [3.8, 4) is 0 Å². The topological polar surface area (TPSA) is 80.9 Å². The van der Waals surface area contributed by atoms with Crippen molar-refractivity contribution < 1.29 is 4.79 Å². The van der Waals surface area contributed by atoms with Gasteiger partial charge in [0.05, 0.1) is 17.4 Å². The maximum atomic E-state index is 11.0. The van der Waals surface area contributed by atoms with Crippen LogP contribution in [0.3, 0.4) is 0 Å². The van der Waals surface area contributed by atoms with Crippen molar-refractivity contribution in [1.29, 1.82) is 0 Å². The highest BCUT2D eigenvalue weighted by Crippen LogP contribution is 2.32. The summed E-state index contributed by atoms with van der Waals surface area (Å²) in [6.45, 7) is 2.11. The second-order valence-corrected chi connectivity index (χ2v) is 6.43. The van der Waals surface area contributed by atoms with E-state index in [1.54, 1.807) is 0 Å². The third kappa shape index (κ3) is 3.97. The molecule has 5 heteroatoms. The van der Waals surface area contributed by atoms with E-state index in [4.69, 9.17) is 10.7 Å². The van der Waals surface area contributed by atoms with E-state index in [-0.39, 0.29) is 18.0 Å². The lowest BCUT2D eigenvalue weighted by Crippen LogP contribution is -2.32. The lowest BCUT2D eigenvalue weighted by atomic mass is 9.92. The normalized spacial score (nSPS) is 20.7. The largest absolute Gasteiger partial charge is 0.370 e. The summed E-state index contributed by atoms with van der Waals surface area (Å²) in [6.07, 6.45) is 6.09. The number of primary amides is 1. The SMILES string of the molecule is Cc1cccnc1[C@@H]1CCC[C@H](c2cccc(CCC(N)=O)n2)N1. The molecule has 0 spiro atoms. The van der Waals surface area contributed by atoms with Crippen molar-refractivity contribution in [3.05, 3.63) is 59.2 Å². The molecule has 1 amide bonds. The lowest BCUT2D eigenvalue weighted by molar-refractivity contribution is -0.118. The van der Waals surface area contributed by atoms with Crippen LogP contribution in [0.25, 0.3) is 0 Å². The zero-order chi connectivity index (χ0) is 16.9. The molecular formula is C19H24N4O. The van der Waals surface area contributed by atoms with Crippen LogP contribution in [0, 0.1) is 6.92 Å². The minimum absolute atomic E-state index is 0.221. The van der Waals surface area contributed by atoms with Crippen molar-refractivity contribution in [2.24, 2.45) is 5.73 Å². The van der Waals surface area contributed by atoms with Crippen molar-refractivity contribution in [2.45, 2.75) is 51.1 Å². The monoisotopic (exact) mass is 324 g/mol. The molecule has 2 aromatic rings. The molecule has 3 heterocycles. The highest BCUT2D eigenvalue weighted by molar-refractivity contribution is 5.73. The van der Waals surface area contributed by atoms with Crippen LogP contribution in [-0.4, -0.2) is 15.9 Å². The second-order valence-electron chi connectivity index (χ2n) is 6.43. The number of hydrogen-bond donors (Lipinski definition) is 2. The molecule has 1 saturated heterocycles. The summed E-state index contributed by atoms with van der Waals surface area (Å²) in [4.78, 5) is 20.3. The molecule has 2 atom stereocenters. The number of pyridine rings is 2. The van der Waals surface area contributed by atoms with Crippen LogP contribution in [0.4, 0.5) is 0 Å². The first-order valence-electron chi connectivity index (χ1n) is 8.55. The van der Waals surface area contributed by atoms with Gasteiger partial charge in [0.25, 0.3) is 0 Å². The Kier molecular flexibility index (Phi) is 5.20. The number of carbonyl (C=O) groups is 1. The number of nitrogens with one attached hydrogen (secondary N) is 1. The van der Waals surface area contributed by atoms with Gasteiger partial charge in [-0.2, -0.15) is 0 Å². The summed E-state index contributed by atoms with van der Waals surface area (Å²) in [5.41, 5.74) is 9.54. The number of nitrogens with two attached hydrogens (primary N) is 1. The molecule has 5 nitrogen and oxygen atoms in total. The van der Waals surface area contributed by atoms with Gasteiger partial charge in [0, 0.05) is 24.4 Å². The van der Waals surface area contributed by atoms with Gasteiger partial charge in [0.15, 0.2) is 0 Å². The van der Waals surface area contributed by atoms with E-state index in [1.807, 2.05) is 24.4 Å². The van der Waals surface area contributed by atoms with Crippen LogP contribution in [0.1, 0.15) is 60.4 Å². The van der Waals surface area contributed by atoms with Crippen LogP contribution >= 0.6 is 0 Å². The summed E-state index contributed by atoms with van der Waals surface area (Å²) in [7, 11) is 0. The molecule has 0 aromatic carbocycles. The first kappa shape index (κ1) is 16.6. The Balaban J connectivity index is 1.74. The molecule has 126 valence electrons. The number of hydrogen-bond acceptors (Lipinski definition) is 4. The number of aryl methyl sites for hydroxylation is 2. The number of rotatable bonds is 5. The van der Waals surface area contributed by atoms with Crippen molar-refractivity contribution in [2.75, 3.05) is 0 Å². The van der Waals surface area contributed by atoms with Crippen LogP contribution in [0.15, 0.2) is 36.5 Å². The Labute approximate surface area is 142 Å². The van der Waals surface area contributed by atoms with E-state index in [2.05, 4.69) is 29.4 Å². The molecule has 24 heavy (non-hydrogen) atoms. The average Bonchev–Trinajstić information content (AvgIpc) is 2.61. The Morgan fingerprint density at radius 1 is 1.25 bits per heavy atom. The predicted octanol–water partition coefficient (Wildman–Crippen LogP) is 2.76. The van der Waals surface area contributed by atoms with E-state index >= 15 is 0 Å². The van der Waals surface area contributed by atoms with Crippen molar-refractivity contribution in [3.63, 3.8) is 0 Å². The molecule has 3 rings (SSSR count). The standard InChI is InChI=1S/C19H24N4O/c1-13-5-4-12-21-19(13)17-9-3-8-16(23-17)15-7-2-6-14(22-15)10-11-18(20)24/h2,4-7,12,16-17,23H,3,8-11H2,1H3,(H2,20,24)/t16-,17+/m1/s1. The van der Waals surface area contributed by atoms with Gasteiger partial charge in [-0.1, -0.05) is 12.1 Å². The first-order valence-corrected chi connectivity index (χ1v) is 8.55. The minimum Gasteiger partial charge on any atom is -0.370 e. The fourth-order valence-electron chi connectivity index (χ4n) is 3.33. The van der Waals surface area contributed by atoms with Crippen molar-refractivity contribution >= 4 is 5.91 Å². The zero-order valence-corrected chi connectivity index (χ0v) is 14.0. The summed E-state index contributed by atoms with van der Waals surface area (Å²) in [5, 5.41) is 3.70. The fraction of sp³-hybridized carbons (Fsp3) is 0.421. The number of carbonyl (C=O) groups excluding carboxylic acids is 1. The molecule has 0 bridgehead atoms. The molecule has 0 radical (unpaired) electrons. The van der Waals surface area contributed by atoms with Gasteiger partial charge in [0.2, 0.25) is 5.91 Å². The van der Waals surface area contributed by atoms with E-state index in [0.717, 1.165) is 36.3 Å². The number of amides is 1. The first-order chi connectivity index (χ1) is 11.6. The third-order valence-corrected chi connectivity index (χ3v) is 4.58.